The number of nitrogens with zero attached hydrogens (tertiary/aromatic N) is 12. The van der Waals surface area contributed by atoms with Crippen molar-refractivity contribution in [2.24, 2.45) is 0 Å². The van der Waals surface area contributed by atoms with Crippen molar-refractivity contribution in [2.75, 3.05) is 0 Å². The van der Waals surface area contributed by atoms with E-state index in [0.717, 1.165) is 77.3 Å². The Labute approximate surface area is 846 Å². The Morgan fingerprint density at radius 1 is 0.116 bits per heavy atom. The Balaban J connectivity index is 0.000000109. The Hall–Kier alpha value is -20.0. The molecule has 0 unspecified atom stereocenters. The van der Waals surface area contributed by atoms with Gasteiger partial charge in [0.2, 0.25) is 17.8 Å². The predicted octanol–water partition coefficient (Wildman–Crippen LogP) is 34.2. The minimum absolute atomic E-state index is 0.591. The molecule has 0 bridgehead atoms. The van der Waals surface area contributed by atoms with Crippen LogP contribution in [0.25, 0.3) is 272 Å². The van der Waals surface area contributed by atoms with Gasteiger partial charge in [0.15, 0.2) is 34.9 Å². The standard InChI is InChI=1S/2C47H30N4.C41H26N4/c1-4-12-31(13-5-1)34-20-21-36-29-37(23-22-35(36)28-34)38-24-26-40-39(30-38)25-27-43-44(40)41-18-10-11-19-42(41)51(43)47-49-45(32-14-6-2-7-15-32)48-46(50-47)33-16-8-3-9-17-33;1-4-12-31(13-5-1)35-22-23-37-29-38(25-24-36(37)28-35)39-21-20-32-26-27-43-44(41(32)30-39)40-18-10-11-19-42(40)51(43)47-49-45(33-14-6-2-7-15-33)48-46(50-47)34-16-8-3-9-17-34;1-3-13-28(14-4-1)39-42-40(29-15-5-2-6-16-29)44-41(43-39)45-36-21-10-9-19-35(36)38-34-24-22-30(26-31(34)23-25-37(38)45)33-20-11-17-27-12-7-8-18-32(27)33/h2*1-30H;1-26H. The number of fused-ring (bicyclic) bond motifs is 18. The number of hydrogen-bond donors (Lipinski definition) is 0. The lowest BCUT2D eigenvalue weighted by atomic mass is 9.95. The molecule has 0 saturated heterocycles. The molecule has 6 aromatic heterocycles. The molecule has 29 rings (SSSR count). The number of benzene rings is 23. The normalized spacial score (nSPS) is 11.5. The van der Waals surface area contributed by atoms with E-state index in [-0.39, 0.29) is 0 Å². The van der Waals surface area contributed by atoms with Crippen molar-refractivity contribution >= 4 is 130 Å². The minimum atomic E-state index is 0.591. The van der Waals surface area contributed by atoms with Gasteiger partial charge in [-0.25, -0.2) is 15.0 Å². The average Bonchev–Trinajstić information content (AvgIpc) is 1.58. The van der Waals surface area contributed by atoms with Crippen LogP contribution in [0.3, 0.4) is 0 Å². The third-order valence-corrected chi connectivity index (χ3v) is 28.3. The van der Waals surface area contributed by atoms with Gasteiger partial charge in [0.05, 0.1) is 33.1 Å². The highest BCUT2D eigenvalue weighted by Crippen LogP contribution is 2.45. The SMILES string of the molecule is c1ccc(-c2ccc3cc(-c4ccc5c(ccc6c5c5ccccc5n6-c5nc(-c6ccccc6)nc(-c6ccccc6)n5)c4)ccc3c2)cc1.c1ccc(-c2ccc3cc(-c4ccc5ccc6c(c5c4)c4ccccc4n6-c4nc(-c5ccccc5)nc(-c5ccccc5)n4)ccc3c2)cc1.c1ccc(-c2nc(-c3ccccc3)nc(-n3c4ccccc4c4c5ccc(-c6cccc7ccccc67)cc5ccc43)n2)cc1. The Kier molecular flexibility index (Phi) is 21.6. The molecule has 0 atom stereocenters. The summed E-state index contributed by atoms with van der Waals surface area (Å²) < 4.78 is 6.56. The molecular formula is C135H86N12. The maximum absolute atomic E-state index is 5.11. The second-order valence-corrected chi connectivity index (χ2v) is 37.1. The first kappa shape index (κ1) is 86.2. The molecule has 23 aromatic carbocycles. The fourth-order valence-corrected chi connectivity index (χ4v) is 21.2. The summed E-state index contributed by atoms with van der Waals surface area (Å²) in [5.74, 6) is 5.63. The van der Waals surface area contributed by atoms with Gasteiger partial charge in [-0.05, 0) is 199 Å². The molecule has 0 spiro atoms. The van der Waals surface area contributed by atoms with Gasteiger partial charge in [0, 0.05) is 65.7 Å². The molecule has 0 amide bonds. The summed E-state index contributed by atoms with van der Waals surface area (Å²) in [5, 5.41) is 21.6. The summed E-state index contributed by atoms with van der Waals surface area (Å²) in [6, 6.07) is 183. The topological polar surface area (TPSA) is 131 Å². The lowest BCUT2D eigenvalue weighted by Gasteiger charge is -2.11. The summed E-state index contributed by atoms with van der Waals surface area (Å²) in [4.78, 5) is 45.4. The van der Waals surface area contributed by atoms with Crippen LogP contribution in [-0.2, 0) is 0 Å². The van der Waals surface area contributed by atoms with Gasteiger partial charge >= 0.3 is 0 Å². The zero-order valence-electron chi connectivity index (χ0n) is 79.5. The average molecular weight is 1880 g/mol. The van der Waals surface area contributed by atoms with Crippen LogP contribution in [0.2, 0.25) is 0 Å². The zero-order chi connectivity index (χ0) is 97.2. The van der Waals surface area contributed by atoms with E-state index in [2.05, 4.69) is 353 Å². The highest BCUT2D eigenvalue weighted by atomic mass is 15.2. The molecule has 12 heteroatoms. The van der Waals surface area contributed by atoms with Crippen LogP contribution in [0.1, 0.15) is 0 Å². The third kappa shape index (κ3) is 16.0. The molecule has 0 aliphatic carbocycles. The maximum Gasteiger partial charge on any atom is 0.238 e. The van der Waals surface area contributed by atoms with Crippen LogP contribution in [0, 0.1) is 0 Å². The van der Waals surface area contributed by atoms with Gasteiger partial charge in [-0.2, -0.15) is 29.9 Å². The summed E-state index contributed by atoms with van der Waals surface area (Å²) in [7, 11) is 0. The van der Waals surface area contributed by atoms with Crippen LogP contribution in [0.4, 0.5) is 0 Å². The Bertz CT molecular complexity index is 9990. The smallest absolute Gasteiger partial charge is 0.238 e. The first-order chi connectivity index (χ1) is 72.8. The number of hydrogen-bond acceptors (Lipinski definition) is 9. The fourth-order valence-electron chi connectivity index (χ4n) is 21.2. The van der Waals surface area contributed by atoms with Gasteiger partial charge < -0.3 is 0 Å². The van der Waals surface area contributed by atoms with Crippen molar-refractivity contribution in [3.8, 4) is 142 Å². The monoisotopic (exact) mass is 1870 g/mol. The third-order valence-electron chi connectivity index (χ3n) is 28.3. The minimum Gasteiger partial charge on any atom is -0.278 e. The van der Waals surface area contributed by atoms with Crippen molar-refractivity contribution in [3.05, 3.63) is 522 Å². The second-order valence-electron chi connectivity index (χ2n) is 37.1. The van der Waals surface area contributed by atoms with E-state index < -0.39 is 0 Å². The van der Waals surface area contributed by atoms with Crippen LogP contribution < -0.4 is 0 Å². The Morgan fingerprint density at radius 3 is 0.694 bits per heavy atom. The molecule has 147 heavy (non-hydrogen) atoms. The van der Waals surface area contributed by atoms with Crippen molar-refractivity contribution in [1.82, 2.24) is 58.6 Å². The quantitative estimate of drug-likeness (QED) is 0.104. The molecule has 6 heterocycles. The lowest BCUT2D eigenvalue weighted by Crippen LogP contribution is -2.06. The highest BCUT2D eigenvalue weighted by Gasteiger charge is 2.26. The summed E-state index contributed by atoms with van der Waals surface area (Å²) in [6.07, 6.45) is 0. The van der Waals surface area contributed by atoms with E-state index in [4.69, 9.17) is 44.9 Å². The molecule has 686 valence electrons. The largest absolute Gasteiger partial charge is 0.278 e. The number of para-hydroxylation sites is 3. The van der Waals surface area contributed by atoms with Gasteiger partial charge in [-0.3, -0.25) is 13.7 Å². The van der Waals surface area contributed by atoms with E-state index in [0.29, 0.717) is 52.8 Å². The number of aromatic nitrogens is 12. The fraction of sp³-hybridized carbons (Fsp3) is 0. The molecule has 0 aliphatic heterocycles. The molecule has 0 saturated carbocycles. The maximum atomic E-state index is 5.11. The first-order valence-corrected chi connectivity index (χ1v) is 49.5. The Morgan fingerprint density at radius 2 is 0.347 bits per heavy atom. The number of rotatable bonds is 14. The summed E-state index contributed by atoms with van der Waals surface area (Å²) in [5.41, 5.74) is 24.1. The van der Waals surface area contributed by atoms with Gasteiger partial charge in [0.25, 0.3) is 0 Å². The van der Waals surface area contributed by atoms with Crippen LogP contribution in [0.5, 0.6) is 0 Å². The molecule has 12 nitrogen and oxygen atoms in total. The summed E-state index contributed by atoms with van der Waals surface area (Å²) in [6.45, 7) is 0. The van der Waals surface area contributed by atoms with E-state index in [1.54, 1.807) is 0 Å². The molecule has 29 aromatic rings. The predicted molar refractivity (Wildman–Crippen MR) is 607 cm³/mol. The first-order valence-electron chi connectivity index (χ1n) is 49.5. The van der Waals surface area contributed by atoms with Crippen molar-refractivity contribution in [1.29, 1.82) is 0 Å². The van der Waals surface area contributed by atoms with E-state index in [9.17, 15) is 0 Å². The lowest BCUT2D eigenvalue weighted by molar-refractivity contribution is 0.953. The van der Waals surface area contributed by atoms with Gasteiger partial charge in [0.1, 0.15) is 0 Å². The van der Waals surface area contributed by atoms with Crippen LogP contribution >= 0.6 is 0 Å². The molecular weight excluding hydrogens is 1790 g/mol. The molecule has 0 N–H and O–H groups in total. The highest BCUT2D eigenvalue weighted by molar-refractivity contribution is 6.25. The van der Waals surface area contributed by atoms with Crippen LogP contribution in [-0.4, -0.2) is 58.6 Å². The molecule has 0 radical (unpaired) electrons. The second kappa shape index (κ2) is 36.9. The van der Waals surface area contributed by atoms with Crippen molar-refractivity contribution in [3.63, 3.8) is 0 Å². The van der Waals surface area contributed by atoms with E-state index >= 15 is 0 Å². The summed E-state index contributed by atoms with van der Waals surface area (Å²) >= 11 is 0. The molecule has 0 aliphatic rings. The zero-order valence-corrected chi connectivity index (χ0v) is 79.5. The van der Waals surface area contributed by atoms with Crippen molar-refractivity contribution < 1.29 is 0 Å². The van der Waals surface area contributed by atoms with Crippen molar-refractivity contribution in [2.45, 2.75) is 0 Å². The molecule has 0 fully saturated rings. The van der Waals surface area contributed by atoms with Crippen LogP contribution in [0.15, 0.2) is 522 Å². The van der Waals surface area contributed by atoms with E-state index in [1.165, 1.54) is 142 Å². The van der Waals surface area contributed by atoms with Gasteiger partial charge in [-0.1, -0.05) is 443 Å². The van der Waals surface area contributed by atoms with Gasteiger partial charge in [-0.15, -0.1) is 0 Å². The van der Waals surface area contributed by atoms with E-state index in [1.807, 2.05) is 182 Å².